The van der Waals surface area contributed by atoms with Crippen molar-refractivity contribution in [3.63, 3.8) is 0 Å². The second-order valence-electron chi connectivity index (χ2n) is 7.82. The number of nitrogens with one attached hydrogen (secondary N) is 3. The average Bonchev–Trinajstić information content (AvgIpc) is 2.54. The van der Waals surface area contributed by atoms with Gasteiger partial charge < -0.3 is 15.4 Å². The molecule has 26 heavy (non-hydrogen) atoms. The van der Waals surface area contributed by atoms with Crippen LogP contribution in [0.3, 0.4) is 0 Å². The van der Waals surface area contributed by atoms with E-state index in [1.165, 1.54) is 13.8 Å². The van der Waals surface area contributed by atoms with Crippen molar-refractivity contribution in [1.29, 1.82) is 0 Å². The van der Waals surface area contributed by atoms with Gasteiger partial charge in [-0.15, -0.1) is 0 Å². The van der Waals surface area contributed by atoms with E-state index < -0.39 is 35.5 Å². The monoisotopic (exact) mass is 369 g/mol. The lowest BCUT2D eigenvalue weighted by molar-refractivity contribution is -0.157. The number of urea groups is 1. The van der Waals surface area contributed by atoms with E-state index in [1.807, 2.05) is 0 Å². The van der Waals surface area contributed by atoms with Gasteiger partial charge in [0.05, 0.1) is 0 Å². The zero-order valence-electron chi connectivity index (χ0n) is 16.3. The zero-order chi connectivity index (χ0) is 19.9. The van der Waals surface area contributed by atoms with Gasteiger partial charge in [-0.2, -0.15) is 0 Å². The molecule has 0 aromatic heterocycles. The number of amides is 4. The summed E-state index contributed by atoms with van der Waals surface area (Å²) in [5, 5.41) is 7.47. The summed E-state index contributed by atoms with van der Waals surface area (Å²) in [7, 11) is 0. The molecule has 8 nitrogen and oxygen atoms in total. The molecule has 1 rings (SSSR count). The van der Waals surface area contributed by atoms with Gasteiger partial charge in [0, 0.05) is 11.5 Å². The molecule has 3 N–H and O–H groups in total. The molecule has 2 atom stereocenters. The van der Waals surface area contributed by atoms with Gasteiger partial charge in [0.25, 0.3) is 5.91 Å². The minimum absolute atomic E-state index is 0.0713. The van der Waals surface area contributed by atoms with Gasteiger partial charge in [0.15, 0.2) is 6.10 Å². The zero-order valence-corrected chi connectivity index (χ0v) is 16.3. The van der Waals surface area contributed by atoms with E-state index in [9.17, 15) is 19.2 Å². The van der Waals surface area contributed by atoms with Gasteiger partial charge in [0.2, 0.25) is 5.91 Å². The fourth-order valence-electron chi connectivity index (χ4n) is 2.48. The summed E-state index contributed by atoms with van der Waals surface area (Å²) in [5.41, 5.74) is -0.644. The molecule has 0 unspecified atom stereocenters. The second kappa shape index (κ2) is 9.54. The number of hydrogen-bond donors (Lipinski definition) is 3. The van der Waals surface area contributed by atoms with Crippen molar-refractivity contribution < 1.29 is 23.9 Å². The van der Waals surface area contributed by atoms with E-state index in [1.54, 1.807) is 20.8 Å². The van der Waals surface area contributed by atoms with Crippen LogP contribution in [0.25, 0.3) is 0 Å². The summed E-state index contributed by atoms with van der Waals surface area (Å²) in [6, 6.07) is -1.41. The Balaban J connectivity index is 2.41. The molecule has 0 aromatic rings. The van der Waals surface area contributed by atoms with Crippen LogP contribution in [-0.2, 0) is 19.1 Å². The van der Waals surface area contributed by atoms with E-state index in [0.29, 0.717) is 0 Å². The predicted octanol–water partition coefficient (Wildman–Crippen LogP) is 1.63. The fraction of sp³-hybridized carbons (Fsp3) is 0.778. The Bertz CT molecular complexity index is 535. The average molecular weight is 369 g/mol. The van der Waals surface area contributed by atoms with Crippen molar-refractivity contribution in [3.8, 4) is 0 Å². The Morgan fingerprint density at radius 1 is 1.00 bits per heavy atom. The van der Waals surface area contributed by atoms with Crippen molar-refractivity contribution in [1.82, 2.24) is 16.0 Å². The van der Waals surface area contributed by atoms with Gasteiger partial charge in [-0.25, -0.2) is 9.59 Å². The highest BCUT2D eigenvalue weighted by Crippen LogP contribution is 2.17. The van der Waals surface area contributed by atoms with Crippen LogP contribution in [-0.4, -0.2) is 42.0 Å². The van der Waals surface area contributed by atoms with Crippen LogP contribution >= 0.6 is 0 Å². The largest absolute Gasteiger partial charge is 0.451 e. The molecular weight excluding hydrogens is 338 g/mol. The first-order valence-corrected chi connectivity index (χ1v) is 9.13. The molecule has 0 bridgehead atoms. The van der Waals surface area contributed by atoms with Crippen molar-refractivity contribution in [2.45, 2.75) is 84.9 Å². The molecule has 0 aliphatic heterocycles. The molecule has 1 fully saturated rings. The minimum atomic E-state index is -1.14. The van der Waals surface area contributed by atoms with Crippen molar-refractivity contribution in [2.24, 2.45) is 5.41 Å². The highest BCUT2D eigenvalue weighted by atomic mass is 16.5. The lowest BCUT2D eigenvalue weighted by Gasteiger charge is -2.23. The molecule has 0 saturated heterocycles. The standard InChI is InChI=1S/C18H31N3O5/c1-11(19-16(24)18(3,4)5)15(23)26-12(2)14(22)21-17(25)20-13-9-7-6-8-10-13/h11-13H,6-10H2,1-5H3,(H,19,24)(H2,20,21,22,25)/t11-,12+/m0/s1. The first-order chi connectivity index (χ1) is 12.0. The normalized spacial score (nSPS) is 17.6. The number of hydrogen-bond acceptors (Lipinski definition) is 5. The van der Waals surface area contributed by atoms with Crippen molar-refractivity contribution >= 4 is 23.8 Å². The first-order valence-electron chi connectivity index (χ1n) is 9.13. The topological polar surface area (TPSA) is 114 Å². The van der Waals surface area contributed by atoms with E-state index in [0.717, 1.165) is 32.1 Å². The number of rotatable bonds is 5. The van der Waals surface area contributed by atoms with Gasteiger partial charge in [0.1, 0.15) is 6.04 Å². The summed E-state index contributed by atoms with van der Waals surface area (Å²) >= 11 is 0. The van der Waals surface area contributed by atoms with E-state index in [4.69, 9.17) is 4.74 Å². The Labute approximate surface area is 154 Å². The Morgan fingerprint density at radius 2 is 1.58 bits per heavy atom. The molecule has 1 aliphatic carbocycles. The molecular formula is C18H31N3O5. The number of ether oxygens (including phenoxy) is 1. The van der Waals surface area contributed by atoms with Crippen LogP contribution in [0.1, 0.15) is 66.7 Å². The molecule has 0 spiro atoms. The number of carbonyl (C=O) groups excluding carboxylic acids is 4. The molecule has 1 saturated carbocycles. The quantitative estimate of drug-likeness (QED) is 0.637. The highest BCUT2D eigenvalue weighted by molar-refractivity contribution is 5.97. The summed E-state index contributed by atoms with van der Waals surface area (Å²) in [6.45, 7) is 8.02. The molecule has 8 heteroatoms. The van der Waals surface area contributed by atoms with Crippen molar-refractivity contribution in [2.75, 3.05) is 0 Å². The minimum Gasteiger partial charge on any atom is -0.451 e. The van der Waals surface area contributed by atoms with Crippen LogP contribution in [0, 0.1) is 5.41 Å². The van der Waals surface area contributed by atoms with E-state index >= 15 is 0 Å². The van der Waals surface area contributed by atoms with E-state index in [2.05, 4.69) is 16.0 Å². The Morgan fingerprint density at radius 3 is 2.12 bits per heavy atom. The van der Waals surface area contributed by atoms with Crippen LogP contribution in [0.4, 0.5) is 4.79 Å². The third kappa shape index (κ3) is 7.41. The predicted molar refractivity (Wildman–Crippen MR) is 96.2 cm³/mol. The summed E-state index contributed by atoms with van der Waals surface area (Å²) in [5.74, 6) is -1.75. The van der Waals surface area contributed by atoms with Gasteiger partial charge in [-0.3, -0.25) is 14.9 Å². The lowest BCUT2D eigenvalue weighted by atomic mass is 9.95. The maximum Gasteiger partial charge on any atom is 0.329 e. The molecule has 0 heterocycles. The second-order valence-corrected chi connectivity index (χ2v) is 7.82. The maximum absolute atomic E-state index is 12.0. The van der Waals surface area contributed by atoms with Gasteiger partial charge in [-0.05, 0) is 26.7 Å². The molecule has 0 radical (unpaired) electrons. The summed E-state index contributed by atoms with van der Waals surface area (Å²) in [4.78, 5) is 47.7. The van der Waals surface area contributed by atoms with Crippen LogP contribution in [0.5, 0.6) is 0 Å². The van der Waals surface area contributed by atoms with Gasteiger partial charge >= 0.3 is 12.0 Å². The molecule has 0 aromatic carbocycles. The molecule has 148 valence electrons. The van der Waals surface area contributed by atoms with Crippen molar-refractivity contribution in [3.05, 3.63) is 0 Å². The number of carbonyl (C=O) groups is 4. The lowest BCUT2D eigenvalue weighted by Crippen LogP contribution is -2.50. The molecule has 1 aliphatic rings. The maximum atomic E-state index is 12.0. The highest BCUT2D eigenvalue weighted by Gasteiger charge is 2.28. The third-order valence-corrected chi connectivity index (χ3v) is 4.22. The fourth-order valence-corrected chi connectivity index (χ4v) is 2.48. The molecule has 4 amide bonds. The first kappa shape index (κ1) is 21.9. The Hall–Kier alpha value is -2.12. The number of esters is 1. The van der Waals surface area contributed by atoms with Crippen LogP contribution in [0.2, 0.25) is 0 Å². The summed E-state index contributed by atoms with van der Waals surface area (Å²) in [6.07, 6.45) is 3.94. The van der Waals surface area contributed by atoms with Gasteiger partial charge in [-0.1, -0.05) is 40.0 Å². The number of imide groups is 1. The van der Waals surface area contributed by atoms with E-state index in [-0.39, 0.29) is 11.9 Å². The third-order valence-electron chi connectivity index (χ3n) is 4.22. The summed E-state index contributed by atoms with van der Waals surface area (Å²) < 4.78 is 5.03. The SMILES string of the molecule is C[C@H](NC(=O)C(C)(C)C)C(=O)O[C@H](C)C(=O)NC(=O)NC1CCCCC1. The Kier molecular flexibility index (Phi) is 8.05. The smallest absolute Gasteiger partial charge is 0.329 e. The van der Waals surface area contributed by atoms with Crippen LogP contribution in [0.15, 0.2) is 0 Å². The van der Waals surface area contributed by atoms with Crippen LogP contribution < -0.4 is 16.0 Å².